The van der Waals surface area contributed by atoms with Crippen molar-refractivity contribution in [3.63, 3.8) is 0 Å². The van der Waals surface area contributed by atoms with Crippen LogP contribution < -0.4 is 10.1 Å². The first-order chi connectivity index (χ1) is 8.52. The second-order valence-corrected chi connectivity index (χ2v) is 4.34. The van der Waals surface area contributed by atoms with E-state index in [9.17, 15) is 9.18 Å². The van der Waals surface area contributed by atoms with Gasteiger partial charge in [-0.2, -0.15) is 0 Å². The Balaban J connectivity index is 2.39. The van der Waals surface area contributed by atoms with E-state index in [0.717, 1.165) is 0 Å². The molecule has 0 aliphatic heterocycles. The molecule has 0 saturated carbocycles. The molecule has 0 heterocycles. The molecule has 0 aliphatic rings. The Labute approximate surface area is 106 Å². The fraction of sp³-hybridized carbons (Fsp3) is 0.462. The van der Waals surface area contributed by atoms with Crippen LogP contribution in [-0.2, 0) is 4.79 Å². The first-order valence-electron chi connectivity index (χ1n) is 5.81. The van der Waals surface area contributed by atoms with Crippen LogP contribution in [0.1, 0.15) is 13.8 Å². The number of hydrogen-bond donors (Lipinski definition) is 2. The van der Waals surface area contributed by atoms with Crippen molar-refractivity contribution in [3.05, 3.63) is 30.1 Å². The molecule has 4 nitrogen and oxygen atoms in total. The zero-order valence-electron chi connectivity index (χ0n) is 10.5. The highest BCUT2D eigenvalue weighted by molar-refractivity contribution is 5.77. The maximum absolute atomic E-state index is 12.6. The van der Waals surface area contributed by atoms with Crippen molar-refractivity contribution in [3.8, 4) is 5.75 Å². The van der Waals surface area contributed by atoms with Crippen molar-refractivity contribution in [1.29, 1.82) is 0 Å². The molecule has 1 unspecified atom stereocenters. The topological polar surface area (TPSA) is 58.6 Å². The number of amides is 1. The summed E-state index contributed by atoms with van der Waals surface area (Å²) in [5, 5.41) is 11.7. The summed E-state index contributed by atoms with van der Waals surface area (Å²) in [5.74, 6) is -0.0968. The van der Waals surface area contributed by atoms with E-state index in [-0.39, 0.29) is 36.9 Å². The maximum Gasteiger partial charge on any atom is 0.258 e. The molecule has 0 spiro atoms. The molecule has 0 bridgehead atoms. The minimum absolute atomic E-state index is 0.111. The van der Waals surface area contributed by atoms with Crippen LogP contribution in [0.15, 0.2) is 24.3 Å². The predicted octanol–water partition coefficient (Wildman–Crippen LogP) is 1.34. The third kappa shape index (κ3) is 4.71. The largest absolute Gasteiger partial charge is 0.484 e. The monoisotopic (exact) mass is 255 g/mol. The van der Waals surface area contributed by atoms with Crippen LogP contribution in [-0.4, -0.2) is 30.3 Å². The third-order valence-electron chi connectivity index (χ3n) is 2.53. The summed E-state index contributed by atoms with van der Waals surface area (Å²) in [5.41, 5.74) is 0. The van der Waals surface area contributed by atoms with Gasteiger partial charge >= 0.3 is 0 Å². The van der Waals surface area contributed by atoms with Crippen molar-refractivity contribution < 1.29 is 19.0 Å². The number of carbonyl (C=O) groups excluding carboxylic acids is 1. The Morgan fingerprint density at radius 1 is 1.39 bits per heavy atom. The average molecular weight is 255 g/mol. The first-order valence-corrected chi connectivity index (χ1v) is 5.81. The molecule has 1 atom stereocenters. The van der Waals surface area contributed by atoms with Gasteiger partial charge in [-0.3, -0.25) is 4.79 Å². The molecule has 1 aromatic carbocycles. The summed E-state index contributed by atoms with van der Waals surface area (Å²) in [7, 11) is 0. The number of halogens is 1. The Morgan fingerprint density at radius 3 is 2.50 bits per heavy atom. The van der Waals surface area contributed by atoms with Crippen LogP contribution in [0.5, 0.6) is 5.75 Å². The number of benzene rings is 1. The van der Waals surface area contributed by atoms with E-state index in [1.54, 1.807) is 0 Å². The maximum atomic E-state index is 12.6. The number of nitrogens with one attached hydrogen (secondary N) is 1. The minimum atomic E-state index is -0.355. The Hall–Kier alpha value is -1.62. The van der Waals surface area contributed by atoms with Crippen molar-refractivity contribution in [2.75, 3.05) is 13.2 Å². The molecule has 0 aromatic heterocycles. The Bertz CT molecular complexity index is 378. The van der Waals surface area contributed by atoms with Crippen molar-refractivity contribution in [2.45, 2.75) is 19.9 Å². The molecular weight excluding hydrogens is 237 g/mol. The van der Waals surface area contributed by atoms with E-state index in [1.165, 1.54) is 24.3 Å². The zero-order valence-corrected chi connectivity index (χ0v) is 10.5. The SMILES string of the molecule is CC(C)C(CO)NC(=O)COc1ccc(F)cc1. The van der Waals surface area contributed by atoms with Crippen molar-refractivity contribution >= 4 is 5.91 Å². The molecule has 5 heteroatoms. The van der Waals surface area contributed by atoms with Gasteiger partial charge in [0.15, 0.2) is 6.61 Å². The van der Waals surface area contributed by atoms with Crippen LogP contribution in [0.4, 0.5) is 4.39 Å². The summed E-state index contributed by atoms with van der Waals surface area (Å²) in [6.07, 6.45) is 0. The molecule has 0 fully saturated rings. The lowest BCUT2D eigenvalue weighted by molar-refractivity contribution is -0.124. The van der Waals surface area contributed by atoms with E-state index in [4.69, 9.17) is 9.84 Å². The Kier molecular flexibility index (Phi) is 5.58. The van der Waals surface area contributed by atoms with Gasteiger partial charge in [0.25, 0.3) is 5.91 Å². The zero-order chi connectivity index (χ0) is 13.5. The second kappa shape index (κ2) is 6.96. The molecular formula is C13H18FNO3. The van der Waals surface area contributed by atoms with Crippen LogP contribution in [0.25, 0.3) is 0 Å². The van der Waals surface area contributed by atoms with Crippen LogP contribution >= 0.6 is 0 Å². The summed E-state index contributed by atoms with van der Waals surface area (Å²) in [4.78, 5) is 11.5. The fourth-order valence-corrected chi connectivity index (χ4v) is 1.35. The summed E-state index contributed by atoms with van der Waals surface area (Å²) in [6, 6.07) is 5.15. The number of aliphatic hydroxyl groups excluding tert-OH is 1. The van der Waals surface area contributed by atoms with Crippen molar-refractivity contribution in [1.82, 2.24) is 5.32 Å². The Morgan fingerprint density at radius 2 is 2.00 bits per heavy atom. The smallest absolute Gasteiger partial charge is 0.258 e. The van der Waals surface area contributed by atoms with Gasteiger partial charge in [-0.15, -0.1) is 0 Å². The summed E-state index contributed by atoms with van der Waals surface area (Å²) in [6.45, 7) is 3.54. The summed E-state index contributed by atoms with van der Waals surface area (Å²) >= 11 is 0. The number of hydrogen-bond acceptors (Lipinski definition) is 3. The number of ether oxygens (including phenoxy) is 1. The van der Waals surface area contributed by atoms with Gasteiger partial charge in [0.2, 0.25) is 0 Å². The highest BCUT2D eigenvalue weighted by atomic mass is 19.1. The van der Waals surface area contributed by atoms with Crippen LogP contribution in [0, 0.1) is 11.7 Å². The number of rotatable bonds is 6. The second-order valence-electron chi connectivity index (χ2n) is 4.34. The van der Waals surface area contributed by atoms with Gasteiger partial charge in [-0.25, -0.2) is 4.39 Å². The van der Waals surface area contributed by atoms with E-state index in [1.807, 2.05) is 13.8 Å². The third-order valence-corrected chi connectivity index (χ3v) is 2.53. The molecule has 0 saturated heterocycles. The van der Waals surface area contributed by atoms with Gasteiger partial charge in [-0.05, 0) is 30.2 Å². The molecule has 2 N–H and O–H groups in total. The molecule has 1 amide bonds. The molecule has 1 rings (SSSR count). The minimum Gasteiger partial charge on any atom is -0.484 e. The van der Waals surface area contributed by atoms with Crippen LogP contribution in [0.2, 0.25) is 0 Å². The van der Waals surface area contributed by atoms with E-state index in [2.05, 4.69) is 5.32 Å². The first kappa shape index (κ1) is 14.4. The van der Waals surface area contributed by atoms with Gasteiger partial charge in [0.1, 0.15) is 11.6 Å². The van der Waals surface area contributed by atoms with E-state index < -0.39 is 0 Å². The number of aliphatic hydroxyl groups is 1. The standard InChI is InChI=1S/C13H18FNO3/c1-9(2)12(7-16)15-13(17)8-18-11-5-3-10(14)4-6-11/h3-6,9,12,16H,7-8H2,1-2H3,(H,15,17). The van der Waals surface area contributed by atoms with Gasteiger partial charge in [0, 0.05) is 0 Å². The van der Waals surface area contributed by atoms with E-state index in [0.29, 0.717) is 5.75 Å². The molecule has 1 aromatic rings. The highest BCUT2D eigenvalue weighted by Crippen LogP contribution is 2.10. The molecule has 0 aliphatic carbocycles. The van der Waals surface area contributed by atoms with Crippen molar-refractivity contribution in [2.24, 2.45) is 5.92 Å². The fourth-order valence-electron chi connectivity index (χ4n) is 1.35. The molecule has 0 radical (unpaired) electrons. The van der Waals surface area contributed by atoms with E-state index >= 15 is 0 Å². The normalized spacial score (nSPS) is 12.3. The lowest BCUT2D eigenvalue weighted by atomic mass is 10.1. The average Bonchev–Trinajstić information content (AvgIpc) is 2.35. The molecule has 100 valence electrons. The quantitative estimate of drug-likeness (QED) is 0.806. The lowest BCUT2D eigenvalue weighted by Gasteiger charge is -2.19. The van der Waals surface area contributed by atoms with Gasteiger partial charge in [0.05, 0.1) is 12.6 Å². The summed E-state index contributed by atoms with van der Waals surface area (Å²) < 4.78 is 17.8. The molecule has 18 heavy (non-hydrogen) atoms. The van der Waals surface area contributed by atoms with Gasteiger partial charge < -0.3 is 15.2 Å². The highest BCUT2D eigenvalue weighted by Gasteiger charge is 2.15. The predicted molar refractivity (Wildman–Crippen MR) is 65.7 cm³/mol. The lowest BCUT2D eigenvalue weighted by Crippen LogP contribution is -2.43. The number of carbonyl (C=O) groups is 1. The van der Waals surface area contributed by atoms with Crippen LogP contribution in [0.3, 0.4) is 0 Å². The van der Waals surface area contributed by atoms with Gasteiger partial charge in [-0.1, -0.05) is 13.8 Å².